The Morgan fingerprint density at radius 3 is 2.89 bits per heavy atom. The van der Waals surface area contributed by atoms with Crippen LogP contribution in [0.5, 0.6) is 0 Å². The van der Waals surface area contributed by atoms with Crippen molar-refractivity contribution in [2.75, 3.05) is 5.32 Å². The third kappa shape index (κ3) is 1.84. The topological polar surface area (TPSA) is 57.8 Å². The zero-order valence-corrected chi connectivity index (χ0v) is 9.55. The maximum absolute atomic E-state index is 12.0. The van der Waals surface area contributed by atoms with Gasteiger partial charge in [0, 0.05) is 24.0 Å². The van der Waals surface area contributed by atoms with Crippen LogP contribution in [-0.4, -0.2) is 15.9 Å². The van der Waals surface area contributed by atoms with Crippen molar-refractivity contribution in [3.05, 3.63) is 60.6 Å². The van der Waals surface area contributed by atoms with E-state index in [1.807, 2.05) is 30.3 Å². The van der Waals surface area contributed by atoms with Crippen molar-refractivity contribution in [1.29, 1.82) is 0 Å². The molecule has 2 N–H and O–H groups in total. The number of anilines is 1. The SMILES string of the molecule is O=C(Nc1cccc2cccnc12)c1cc[nH]c1. The Morgan fingerprint density at radius 2 is 2.06 bits per heavy atom. The second-order valence-corrected chi connectivity index (χ2v) is 3.93. The molecule has 4 heteroatoms. The number of amides is 1. The molecular formula is C14H11N3O. The van der Waals surface area contributed by atoms with Gasteiger partial charge in [0.05, 0.1) is 16.8 Å². The summed E-state index contributed by atoms with van der Waals surface area (Å²) in [5, 5.41) is 3.87. The van der Waals surface area contributed by atoms with Gasteiger partial charge < -0.3 is 10.3 Å². The fourth-order valence-corrected chi connectivity index (χ4v) is 1.86. The summed E-state index contributed by atoms with van der Waals surface area (Å²) in [6, 6.07) is 11.3. The summed E-state index contributed by atoms with van der Waals surface area (Å²) in [7, 11) is 0. The normalized spacial score (nSPS) is 10.4. The van der Waals surface area contributed by atoms with Gasteiger partial charge in [-0.2, -0.15) is 0 Å². The Labute approximate surface area is 104 Å². The van der Waals surface area contributed by atoms with Crippen LogP contribution in [0.3, 0.4) is 0 Å². The van der Waals surface area contributed by atoms with E-state index in [2.05, 4.69) is 15.3 Å². The summed E-state index contributed by atoms with van der Waals surface area (Å²) >= 11 is 0. The molecule has 1 aromatic carbocycles. The van der Waals surface area contributed by atoms with E-state index < -0.39 is 0 Å². The van der Waals surface area contributed by atoms with E-state index in [4.69, 9.17) is 0 Å². The molecule has 0 aliphatic heterocycles. The molecule has 0 spiro atoms. The second-order valence-electron chi connectivity index (χ2n) is 3.93. The fraction of sp³-hybridized carbons (Fsp3) is 0. The Morgan fingerprint density at radius 1 is 1.17 bits per heavy atom. The lowest BCUT2D eigenvalue weighted by Crippen LogP contribution is -2.11. The molecule has 0 bridgehead atoms. The van der Waals surface area contributed by atoms with Crippen LogP contribution in [0.4, 0.5) is 5.69 Å². The molecule has 0 radical (unpaired) electrons. The van der Waals surface area contributed by atoms with Crippen molar-refractivity contribution < 1.29 is 4.79 Å². The number of rotatable bonds is 2. The Bertz CT molecular complexity index is 684. The van der Waals surface area contributed by atoms with Gasteiger partial charge in [-0.25, -0.2) is 0 Å². The summed E-state index contributed by atoms with van der Waals surface area (Å²) in [5.41, 5.74) is 2.12. The summed E-state index contributed by atoms with van der Waals surface area (Å²) in [6.45, 7) is 0. The number of carbonyl (C=O) groups is 1. The third-order valence-corrected chi connectivity index (χ3v) is 2.74. The van der Waals surface area contributed by atoms with E-state index in [1.54, 1.807) is 24.7 Å². The van der Waals surface area contributed by atoms with Crippen LogP contribution in [-0.2, 0) is 0 Å². The van der Waals surface area contributed by atoms with Gasteiger partial charge in [-0.05, 0) is 18.2 Å². The minimum atomic E-state index is -0.144. The highest BCUT2D eigenvalue weighted by Gasteiger charge is 2.08. The first kappa shape index (κ1) is 10.5. The predicted molar refractivity (Wildman–Crippen MR) is 70.5 cm³/mol. The minimum absolute atomic E-state index is 0.144. The van der Waals surface area contributed by atoms with Crippen LogP contribution in [0.1, 0.15) is 10.4 Å². The van der Waals surface area contributed by atoms with Gasteiger partial charge in [-0.1, -0.05) is 18.2 Å². The maximum atomic E-state index is 12.0. The third-order valence-electron chi connectivity index (χ3n) is 2.74. The molecule has 4 nitrogen and oxygen atoms in total. The number of para-hydroxylation sites is 1. The van der Waals surface area contributed by atoms with E-state index in [9.17, 15) is 4.79 Å². The highest BCUT2D eigenvalue weighted by atomic mass is 16.1. The molecule has 0 saturated heterocycles. The molecule has 0 unspecified atom stereocenters. The number of nitrogens with zero attached hydrogens (tertiary/aromatic N) is 1. The number of aromatic amines is 1. The van der Waals surface area contributed by atoms with Gasteiger partial charge in [0.25, 0.3) is 5.91 Å². The van der Waals surface area contributed by atoms with Crippen molar-refractivity contribution in [1.82, 2.24) is 9.97 Å². The van der Waals surface area contributed by atoms with Crippen LogP contribution < -0.4 is 5.32 Å². The average molecular weight is 237 g/mol. The summed E-state index contributed by atoms with van der Waals surface area (Å²) in [6.07, 6.45) is 5.10. The lowest BCUT2D eigenvalue weighted by Gasteiger charge is -2.06. The number of hydrogen-bond donors (Lipinski definition) is 2. The van der Waals surface area contributed by atoms with Crippen molar-refractivity contribution in [3.63, 3.8) is 0 Å². The van der Waals surface area contributed by atoms with E-state index in [-0.39, 0.29) is 5.91 Å². The van der Waals surface area contributed by atoms with Gasteiger partial charge in [0.1, 0.15) is 0 Å². The molecule has 1 amide bonds. The fourth-order valence-electron chi connectivity index (χ4n) is 1.86. The van der Waals surface area contributed by atoms with Gasteiger partial charge in [0.2, 0.25) is 0 Å². The van der Waals surface area contributed by atoms with Gasteiger partial charge in [-0.3, -0.25) is 9.78 Å². The summed E-state index contributed by atoms with van der Waals surface area (Å²) < 4.78 is 0. The zero-order chi connectivity index (χ0) is 12.4. The molecule has 0 atom stereocenters. The van der Waals surface area contributed by atoms with Crippen LogP contribution >= 0.6 is 0 Å². The molecule has 0 fully saturated rings. The van der Waals surface area contributed by atoms with Gasteiger partial charge >= 0.3 is 0 Å². The first-order chi connectivity index (χ1) is 8.84. The first-order valence-corrected chi connectivity index (χ1v) is 5.62. The molecular weight excluding hydrogens is 226 g/mol. The number of pyridine rings is 1. The van der Waals surface area contributed by atoms with Gasteiger partial charge in [-0.15, -0.1) is 0 Å². The van der Waals surface area contributed by atoms with Crippen molar-refractivity contribution in [2.24, 2.45) is 0 Å². The molecule has 3 rings (SSSR count). The van der Waals surface area contributed by atoms with Gasteiger partial charge in [0.15, 0.2) is 0 Å². The number of nitrogens with one attached hydrogen (secondary N) is 2. The van der Waals surface area contributed by atoms with Crippen molar-refractivity contribution in [2.45, 2.75) is 0 Å². The smallest absolute Gasteiger partial charge is 0.257 e. The van der Waals surface area contributed by atoms with Crippen LogP contribution in [0.15, 0.2) is 55.0 Å². The number of carbonyl (C=O) groups excluding carboxylic acids is 1. The summed E-state index contributed by atoms with van der Waals surface area (Å²) in [4.78, 5) is 19.1. The molecule has 2 aromatic heterocycles. The molecule has 0 aliphatic rings. The van der Waals surface area contributed by atoms with Crippen LogP contribution in [0.25, 0.3) is 10.9 Å². The average Bonchev–Trinajstić information content (AvgIpc) is 2.93. The Hall–Kier alpha value is -2.62. The molecule has 88 valence electrons. The molecule has 3 aromatic rings. The van der Waals surface area contributed by atoms with E-state index >= 15 is 0 Å². The number of fused-ring (bicyclic) bond motifs is 1. The maximum Gasteiger partial charge on any atom is 0.257 e. The highest BCUT2D eigenvalue weighted by Crippen LogP contribution is 2.21. The largest absolute Gasteiger partial charge is 0.367 e. The standard InChI is InChI=1S/C14H11N3O/c18-14(11-6-8-15-9-11)17-12-5-1-3-10-4-2-7-16-13(10)12/h1-9,15H,(H,17,18). The minimum Gasteiger partial charge on any atom is -0.367 e. The molecule has 2 heterocycles. The number of benzene rings is 1. The van der Waals surface area contributed by atoms with Crippen LogP contribution in [0.2, 0.25) is 0 Å². The van der Waals surface area contributed by atoms with E-state index in [0.29, 0.717) is 5.56 Å². The predicted octanol–water partition coefficient (Wildman–Crippen LogP) is 2.82. The van der Waals surface area contributed by atoms with Crippen molar-refractivity contribution >= 4 is 22.5 Å². The molecule has 18 heavy (non-hydrogen) atoms. The van der Waals surface area contributed by atoms with E-state index in [1.165, 1.54) is 0 Å². The first-order valence-electron chi connectivity index (χ1n) is 5.62. The second kappa shape index (κ2) is 4.33. The Balaban J connectivity index is 1.98. The monoisotopic (exact) mass is 237 g/mol. The lowest BCUT2D eigenvalue weighted by atomic mass is 10.2. The van der Waals surface area contributed by atoms with E-state index in [0.717, 1.165) is 16.6 Å². The highest BCUT2D eigenvalue weighted by molar-refractivity contribution is 6.08. The quantitative estimate of drug-likeness (QED) is 0.720. The number of H-pyrrole nitrogens is 1. The zero-order valence-electron chi connectivity index (χ0n) is 9.55. The Kier molecular flexibility index (Phi) is 2.53. The molecule has 0 saturated carbocycles. The molecule has 0 aliphatic carbocycles. The number of hydrogen-bond acceptors (Lipinski definition) is 2. The lowest BCUT2D eigenvalue weighted by molar-refractivity contribution is 0.102. The summed E-state index contributed by atoms with van der Waals surface area (Å²) in [5.74, 6) is -0.144. The van der Waals surface area contributed by atoms with Crippen LogP contribution in [0, 0.1) is 0 Å². The number of aromatic nitrogens is 2. The van der Waals surface area contributed by atoms with Crippen molar-refractivity contribution in [3.8, 4) is 0 Å².